The van der Waals surface area contributed by atoms with Crippen LogP contribution in [0.4, 0.5) is 0 Å². The molecule has 0 nitrogen and oxygen atoms in total. The number of rotatable bonds is 3. The summed E-state index contributed by atoms with van der Waals surface area (Å²) in [5.74, 6) is 1.15. The van der Waals surface area contributed by atoms with Crippen LogP contribution in [0.25, 0.3) is 0 Å². The monoisotopic (exact) mass is 228 g/mol. The van der Waals surface area contributed by atoms with Crippen LogP contribution in [0, 0.1) is 11.8 Å². The maximum atomic E-state index is 2.36. The molecule has 0 bridgehead atoms. The van der Waals surface area contributed by atoms with Gasteiger partial charge >= 0.3 is 0 Å². The third-order valence-electron chi connectivity index (χ3n) is 3.43. The predicted molar refractivity (Wildman–Crippen MR) is 77.9 cm³/mol. The highest BCUT2D eigenvalue weighted by Crippen LogP contribution is 2.30. The molecular formula is C17H24. The van der Waals surface area contributed by atoms with Crippen molar-refractivity contribution >= 4 is 0 Å². The molecule has 0 amide bonds. The molecule has 1 aliphatic carbocycles. The average molecular weight is 228 g/mol. The molecule has 2 atom stereocenters. The van der Waals surface area contributed by atoms with E-state index in [4.69, 9.17) is 0 Å². The van der Waals surface area contributed by atoms with E-state index in [9.17, 15) is 0 Å². The van der Waals surface area contributed by atoms with Crippen LogP contribution in [0.2, 0.25) is 0 Å². The number of hydrogen-bond acceptors (Lipinski definition) is 0. The SMILES string of the molecule is C\C=C/C=C\C(C)=C(/C)C1C=CC(C)=CC1C. The van der Waals surface area contributed by atoms with Crippen molar-refractivity contribution in [3.05, 3.63) is 59.3 Å². The number of allylic oxidation sites excluding steroid dienone is 10. The smallest absolute Gasteiger partial charge is 0.00433 e. The second-order valence-corrected chi connectivity index (χ2v) is 4.91. The maximum absolute atomic E-state index is 2.36. The van der Waals surface area contributed by atoms with Gasteiger partial charge in [-0.25, -0.2) is 0 Å². The van der Waals surface area contributed by atoms with E-state index in [1.807, 2.05) is 13.0 Å². The first kappa shape index (κ1) is 13.8. The summed E-state index contributed by atoms with van der Waals surface area (Å²) in [4.78, 5) is 0. The molecule has 0 aliphatic heterocycles. The van der Waals surface area contributed by atoms with Gasteiger partial charge in [-0.1, -0.05) is 66.2 Å². The van der Waals surface area contributed by atoms with Gasteiger partial charge < -0.3 is 0 Å². The van der Waals surface area contributed by atoms with E-state index < -0.39 is 0 Å². The second-order valence-electron chi connectivity index (χ2n) is 4.91. The Morgan fingerprint density at radius 2 is 1.94 bits per heavy atom. The molecule has 0 saturated heterocycles. The summed E-state index contributed by atoms with van der Waals surface area (Å²) in [7, 11) is 0. The highest BCUT2D eigenvalue weighted by molar-refractivity contribution is 5.34. The summed E-state index contributed by atoms with van der Waals surface area (Å²) >= 11 is 0. The van der Waals surface area contributed by atoms with Crippen molar-refractivity contribution in [2.24, 2.45) is 11.8 Å². The average Bonchev–Trinajstić information content (AvgIpc) is 2.28. The highest BCUT2D eigenvalue weighted by atomic mass is 14.2. The molecule has 1 rings (SSSR count). The molecule has 17 heavy (non-hydrogen) atoms. The molecule has 0 spiro atoms. The Kier molecular flexibility index (Phi) is 5.21. The van der Waals surface area contributed by atoms with Crippen molar-refractivity contribution in [2.45, 2.75) is 34.6 Å². The Bertz CT molecular complexity index is 400. The van der Waals surface area contributed by atoms with Gasteiger partial charge in [-0.3, -0.25) is 0 Å². The molecule has 0 aromatic rings. The van der Waals surface area contributed by atoms with E-state index in [1.165, 1.54) is 16.7 Å². The summed E-state index contributed by atoms with van der Waals surface area (Å²) < 4.78 is 0. The van der Waals surface area contributed by atoms with E-state index in [-0.39, 0.29) is 0 Å². The third kappa shape index (κ3) is 3.89. The zero-order chi connectivity index (χ0) is 12.8. The van der Waals surface area contributed by atoms with E-state index in [1.54, 1.807) is 0 Å². The van der Waals surface area contributed by atoms with Gasteiger partial charge in [0.1, 0.15) is 0 Å². The van der Waals surface area contributed by atoms with Gasteiger partial charge in [0.25, 0.3) is 0 Å². The predicted octanol–water partition coefficient (Wildman–Crippen LogP) is 5.22. The Morgan fingerprint density at radius 1 is 1.24 bits per heavy atom. The molecule has 0 aromatic carbocycles. The van der Waals surface area contributed by atoms with Gasteiger partial charge in [0.15, 0.2) is 0 Å². The first-order chi connectivity index (χ1) is 8.06. The van der Waals surface area contributed by atoms with Crippen LogP contribution in [-0.2, 0) is 0 Å². The summed E-state index contributed by atoms with van der Waals surface area (Å²) in [6.45, 7) is 10.9. The molecule has 2 unspecified atom stereocenters. The zero-order valence-corrected chi connectivity index (χ0v) is 11.7. The summed E-state index contributed by atoms with van der Waals surface area (Å²) in [6.07, 6.45) is 15.4. The molecule has 92 valence electrons. The minimum Gasteiger partial charge on any atom is -0.0877 e. The minimum atomic E-state index is 0.550. The molecule has 0 fully saturated rings. The second kappa shape index (κ2) is 6.44. The van der Waals surface area contributed by atoms with Crippen molar-refractivity contribution in [3.63, 3.8) is 0 Å². The molecule has 0 N–H and O–H groups in total. The molecular weight excluding hydrogens is 204 g/mol. The van der Waals surface area contributed by atoms with Crippen LogP contribution in [-0.4, -0.2) is 0 Å². The van der Waals surface area contributed by atoms with Crippen molar-refractivity contribution in [1.82, 2.24) is 0 Å². The molecule has 1 aliphatic rings. The minimum absolute atomic E-state index is 0.550. The number of hydrogen-bond donors (Lipinski definition) is 0. The Hall–Kier alpha value is -1.30. The van der Waals surface area contributed by atoms with E-state index in [2.05, 4.69) is 64.2 Å². The van der Waals surface area contributed by atoms with Crippen LogP contribution in [0.5, 0.6) is 0 Å². The Balaban J connectivity index is 2.86. The fourth-order valence-corrected chi connectivity index (χ4v) is 2.25. The summed E-state index contributed by atoms with van der Waals surface area (Å²) in [5, 5.41) is 0. The van der Waals surface area contributed by atoms with Gasteiger partial charge in [-0.05, 0) is 33.6 Å². The van der Waals surface area contributed by atoms with Gasteiger partial charge in [0, 0.05) is 5.92 Å². The van der Waals surface area contributed by atoms with Crippen LogP contribution in [0.3, 0.4) is 0 Å². The third-order valence-corrected chi connectivity index (χ3v) is 3.43. The van der Waals surface area contributed by atoms with Gasteiger partial charge in [0.2, 0.25) is 0 Å². The van der Waals surface area contributed by atoms with Crippen molar-refractivity contribution < 1.29 is 0 Å². The van der Waals surface area contributed by atoms with E-state index in [0.29, 0.717) is 11.8 Å². The first-order valence-electron chi connectivity index (χ1n) is 6.39. The summed E-state index contributed by atoms with van der Waals surface area (Å²) in [6, 6.07) is 0. The standard InChI is InChI=1S/C17H24/c1-6-7-8-9-14(3)16(5)17-11-10-13(2)12-15(17)4/h6-12,15,17H,1-5H3/b7-6-,9-8-,16-14+. The highest BCUT2D eigenvalue weighted by Gasteiger charge is 2.17. The fraction of sp³-hybridized carbons (Fsp3) is 0.412. The fourth-order valence-electron chi connectivity index (χ4n) is 2.25. The van der Waals surface area contributed by atoms with E-state index >= 15 is 0 Å². The van der Waals surface area contributed by atoms with Crippen LogP contribution < -0.4 is 0 Å². The lowest BCUT2D eigenvalue weighted by atomic mass is 9.81. The van der Waals surface area contributed by atoms with Crippen molar-refractivity contribution in [3.8, 4) is 0 Å². The van der Waals surface area contributed by atoms with Crippen LogP contribution >= 0.6 is 0 Å². The quantitative estimate of drug-likeness (QED) is 0.581. The zero-order valence-electron chi connectivity index (χ0n) is 11.7. The molecule has 0 heterocycles. The molecule has 0 heteroatoms. The van der Waals surface area contributed by atoms with E-state index in [0.717, 1.165) is 0 Å². The maximum Gasteiger partial charge on any atom is 0.00433 e. The lowest BCUT2D eigenvalue weighted by molar-refractivity contribution is 0.569. The molecule has 0 radical (unpaired) electrons. The van der Waals surface area contributed by atoms with Gasteiger partial charge in [-0.2, -0.15) is 0 Å². The summed E-state index contributed by atoms with van der Waals surface area (Å²) in [5.41, 5.74) is 4.22. The Labute approximate surface area is 106 Å². The lowest BCUT2D eigenvalue weighted by Gasteiger charge is -2.24. The molecule has 0 saturated carbocycles. The van der Waals surface area contributed by atoms with Gasteiger partial charge in [-0.15, -0.1) is 0 Å². The van der Waals surface area contributed by atoms with Crippen molar-refractivity contribution in [1.29, 1.82) is 0 Å². The van der Waals surface area contributed by atoms with Crippen LogP contribution in [0.15, 0.2) is 59.3 Å². The molecule has 0 aromatic heterocycles. The Morgan fingerprint density at radius 3 is 2.53 bits per heavy atom. The van der Waals surface area contributed by atoms with Gasteiger partial charge in [0.05, 0.1) is 0 Å². The first-order valence-corrected chi connectivity index (χ1v) is 6.39. The largest absolute Gasteiger partial charge is 0.0877 e. The van der Waals surface area contributed by atoms with Crippen molar-refractivity contribution in [2.75, 3.05) is 0 Å². The lowest BCUT2D eigenvalue weighted by Crippen LogP contribution is -2.12. The van der Waals surface area contributed by atoms with Crippen LogP contribution in [0.1, 0.15) is 34.6 Å². The normalized spacial score (nSPS) is 26.5. The topological polar surface area (TPSA) is 0 Å².